The van der Waals surface area contributed by atoms with Crippen molar-refractivity contribution in [1.29, 1.82) is 0 Å². The number of hydrogen-bond acceptors (Lipinski definition) is 5. The summed E-state index contributed by atoms with van der Waals surface area (Å²) in [5, 5.41) is 5.23. The van der Waals surface area contributed by atoms with E-state index in [2.05, 4.69) is 46.5 Å². The van der Waals surface area contributed by atoms with E-state index >= 15 is 0 Å². The van der Waals surface area contributed by atoms with Crippen LogP contribution in [-0.2, 0) is 11.3 Å². The predicted octanol–water partition coefficient (Wildman–Crippen LogP) is 5.44. The van der Waals surface area contributed by atoms with Gasteiger partial charge in [0.1, 0.15) is 0 Å². The molecule has 1 unspecified atom stereocenters. The summed E-state index contributed by atoms with van der Waals surface area (Å²) in [5.74, 6) is 0. The molecular weight excluding hydrogens is 428 g/mol. The van der Waals surface area contributed by atoms with Crippen LogP contribution in [0.5, 0.6) is 0 Å². The van der Waals surface area contributed by atoms with Crippen LogP contribution in [0.1, 0.15) is 12.5 Å². The van der Waals surface area contributed by atoms with Crippen LogP contribution in [0.3, 0.4) is 0 Å². The monoisotopic (exact) mass is 456 g/mol. The normalized spacial score (nSPS) is 15.8. The maximum atomic E-state index is 6.39. The number of fused-ring (bicyclic) bond motifs is 1. The third-order valence-electron chi connectivity index (χ3n) is 5.56. The van der Waals surface area contributed by atoms with Crippen molar-refractivity contribution < 1.29 is 4.74 Å². The summed E-state index contributed by atoms with van der Waals surface area (Å²) in [4.78, 5) is 7.38. The van der Waals surface area contributed by atoms with Crippen LogP contribution in [0.4, 0.5) is 5.69 Å². The molecule has 1 atom stereocenters. The number of benzene rings is 2. The van der Waals surface area contributed by atoms with Crippen molar-refractivity contribution in [3.05, 3.63) is 65.3 Å². The number of aromatic nitrogens is 2. The average Bonchev–Trinajstić information content (AvgIpc) is 3.11. The molecule has 1 aliphatic heterocycles. The number of anilines is 1. The number of thioether (sulfide) groups is 1. The molecule has 31 heavy (non-hydrogen) atoms. The molecule has 0 bridgehead atoms. The fourth-order valence-electron chi connectivity index (χ4n) is 3.65. The quantitative estimate of drug-likeness (QED) is 0.457. The Morgan fingerprint density at radius 2 is 2.00 bits per heavy atom. The Kier molecular flexibility index (Phi) is 7.23. The Labute approximate surface area is 193 Å². The smallest absolute Gasteiger partial charge is 0.169 e. The molecule has 1 aromatic heterocycles. The van der Waals surface area contributed by atoms with Gasteiger partial charge in [-0.25, -0.2) is 4.98 Å². The second kappa shape index (κ2) is 10.1. The summed E-state index contributed by atoms with van der Waals surface area (Å²) < 4.78 is 7.81. The van der Waals surface area contributed by atoms with Crippen LogP contribution in [0.25, 0.3) is 11.0 Å². The van der Waals surface area contributed by atoms with E-state index in [1.165, 1.54) is 5.52 Å². The average molecular weight is 457 g/mol. The lowest BCUT2D eigenvalue weighted by Crippen LogP contribution is -2.38. The van der Waals surface area contributed by atoms with Gasteiger partial charge in [-0.05, 0) is 43.7 Å². The summed E-state index contributed by atoms with van der Waals surface area (Å²) in [6, 6.07) is 14.3. The second-order valence-electron chi connectivity index (χ2n) is 7.88. The lowest BCUT2D eigenvalue weighted by Gasteiger charge is -2.27. The third-order valence-corrected chi connectivity index (χ3v) is 7.03. The van der Waals surface area contributed by atoms with Crippen molar-refractivity contribution in [3.63, 3.8) is 0 Å². The lowest BCUT2D eigenvalue weighted by molar-refractivity contribution is 0.0362. The molecule has 0 radical (unpaired) electrons. The highest BCUT2D eigenvalue weighted by molar-refractivity contribution is 8.00. The van der Waals surface area contributed by atoms with Crippen LogP contribution in [0.15, 0.2) is 59.9 Å². The Hall–Kier alpha value is -1.99. The SMILES string of the molecule is C=C(Nc1ccc(C)cc1Cl)C(C)Sc1nc2ccccc2n1CCN1CCOCC1. The van der Waals surface area contributed by atoms with Gasteiger partial charge >= 0.3 is 0 Å². The van der Waals surface area contributed by atoms with E-state index in [0.717, 1.165) is 67.0 Å². The number of nitrogens with zero attached hydrogens (tertiary/aromatic N) is 3. The van der Waals surface area contributed by atoms with Crippen molar-refractivity contribution >= 4 is 40.1 Å². The topological polar surface area (TPSA) is 42.3 Å². The van der Waals surface area contributed by atoms with E-state index in [1.54, 1.807) is 11.8 Å². The van der Waals surface area contributed by atoms with Gasteiger partial charge in [0.2, 0.25) is 0 Å². The Balaban J connectivity index is 1.49. The zero-order valence-corrected chi connectivity index (χ0v) is 19.7. The highest BCUT2D eigenvalue weighted by Crippen LogP contribution is 2.32. The largest absolute Gasteiger partial charge is 0.379 e. The molecule has 2 aromatic carbocycles. The Morgan fingerprint density at radius 3 is 2.77 bits per heavy atom. The first-order chi connectivity index (χ1) is 15.0. The first-order valence-corrected chi connectivity index (χ1v) is 11.9. The van der Waals surface area contributed by atoms with Gasteiger partial charge in [0.25, 0.3) is 0 Å². The molecule has 1 fully saturated rings. The van der Waals surface area contributed by atoms with E-state index in [1.807, 2.05) is 31.2 Å². The number of hydrogen-bond donors (Lipinski definition) is 1. The van der Waals surface area contributed by atoms with Gasteiger partial charge in [-0.2, -0.15) is 0 Å². The number of ether oxygens (including phenoxy) is 1. The molecule has 0 saturated carbocycles. The molecule has 2 heterocycles. The first kappa shape index (κ1) is 22.2. The highest BCUT2D eigenvalue weighted by atomic mass is 35.5. The fraction of sp³-hybridized carbons (Fsp3) is 0.375. The van der Waals surface area contributed by atoms with Crippen LogP contribution in [0.2, 0.25) is 5.02 Å². The molecule has 3 aromatic rings. The zero-order valence-electron chi connectivity index (χ0n) is 18.1. The van der Waals surface area contributed by atoms with Gasteiger partial charge in [0, 0.05) is 37.1 Å². The number of aryl methyl sites for hydroxylation is 1. The molecular formula is C24H29ClN4OS. The highest BCUT2D eigenvalue weighted by Gasteiger charge is 2.18. The predicted molar refractivity (Wildman–Crippen MR) is 131 cm³/mol. The number of rotatable bonds is 8. The van der Waals surface area contributed by atoms with Gasteiger partial charge in [0.05, 0.1) is 35.0 Å². The Morgan fingerprint density at radius 1 is 1.23 bits per heavy atom. The van der Waals surface area contributed by atoms with Crippen molar-refractivity contribution in [1.82, 2.24) is 14.5 Å². The number of halogens is 1. The molecule has 7 heteroatoms. The molecule has 0 spiro atoms. The number of morpholine rings is 1. The summed E-state index contributed by atoms with van der Waals surface area (Å²) >= 11 is 8.11. The lowest BCUT2D eigenvalue weighted by atomic mass is 10.2. The summed E-state index contributed by atoms with van der Waals surface area (Å²) in [6.45, 7) is 13.9. The van der Waals surface area contributed by atoms with E-state index in [4.69, 9.17) is 21.3 Å². The second-order valence-corrected chi connectivity index (χ2v) is 9.60. The molecule has 1 aliphatic rings. The van der Waals surface area contributed by atoms with Crippen LogP contribution in [-0.4, -0.2) is 52.5 Å². The van der Waals surface area contributed by atoms with Gasteiger partial charge in [-0.3, -0.25) is 4.90 Å². The van der Waals surface area contributed by atoms with Gasteiger partial charge in [0.15, 0.2) is 5.16 Å². The fourth-order valence-corrected chi connectivity index (χ4v) is 4.92. The maximum absolute atomic E-state index is 6.39. The molecule has 4 rings (SSSR count). The zero-order chi connectivity index (χ0) is 21.8. The molecule has 0 amide bonds. The van der Waals surface area contributed by atoms with E-state index in [9.17, 15) is 0 Å². The van der Waals surface area contributed by atoms with Crippen LogP contribution in [0, 0.1) is 6.92 Å². The minimum absolute atomic E-state index is 0.122. The van der Waals surface area contributed by atoms with Crippen molar-refractivity contribution in [2.24, 2.45) is 0 Å². The first-order valence-electron chi connectivity index (χ1n) is 10.7. The minimum Gasteiger partial charge on any atom is -0.379 e. The minimum atomic E-state index is 0.122. The molecule has 0 aliphatic carbocycles. The van der Waals surface area contributed by atoms with Crippen LogP contribution < -0.4 is 5.32 Å². The van der Waals surface area contributed by atoms with Crippen molar-refractivity contribution in [3.8, 4) is 0 Å². The van der Waals surface area contributed by atoms with Gasteiger partial charge in [-0.1, -0.05) is 48.1 Å². The number of para-hydroxylation sites is 2. The molecule has 5 nitrogen and oxygen atoms in total. The Bertz CT molecular complexity index is 1060. The van der Waals surface area contributed by atoms with Crippen molar-refractivity contribution in [2.45, 2.75) is 30.8 Å². The summed E-state index contributed by atoms with van der Waals surface area (Å²) in [6.07, 6.45) is 0. The van der Waals surface area contributed by atoms with Gasteiger partial charge < -0.3 is 14.6 Å². The van der Waals surface area contributed by atoms with Crippen molar-refractivity contribution in [2.75, 3.05) is 38.2 Å². The molecule has 1 N–H and O–H groups in total. The standard InChI is InChI=1S/C24H29ClN4OS/c1-17-8-9-21(20(25)16-17)26-18(2)19(3)31-24-27-22-6-4-5-7-23(22)29(24)11-10-28-12-14-30-15-13-28/h4-9,16,19,26H,2,10-15H2,1,3H3. The van der Waals surface area contributed by atoms with E-state index < -0.39 is 0 Å². The van der Waals surface area contributed by atoms with Gasteiger partial charge in [-0.15, -0.1) is 0 Å². The van der Waals surface area contributed by atoms with E-state index in [0.29, 0.717) is 5.02 Å². The maximum Gasteiger partial charge on any atom is 0.169 e. The summed E-state index contributed by atoms with van der Waals surface area (Å²) in [7, 11) is 0. The number of imidazole rings is 1. The van der Waals surface area contributed by atoms with Crippen LogP contribution >= 0.6 is 23.4 Å². The summed E-state index contributed by atoms with van der Waals surface area (Å²) in [5.41, 5.74) is 5.12. The van der Waals surface area contributed by atoms with E-state index in [-0.39, 0.29) is 5.25 Å². The molecule has 164 valence electrons. The number of nitrogens with one attached hydrogen (secondary N) is 1. The third kappa shape index (κ3) is 5.44. The molecule has 1 saturated heterocycles.